The molecule has 0 spiro atoms. The van der Waals surface area contributed by atoms with Crippen molar-refractivity contribution in [3.63, 3.8) is 0 Å². The first kappa shape index (κ1) is 24.8. The van der Waals surface area contributed by atoms with Crippen LogP contribution >= 0.6 is 23.1 Å². The van der Waals surface area contributed by atoms with Crippen LogP contribution in [0.3, 0.4) is 0 Å². The van der Waals surface area contributed by atoms with Crippen LogP contribution in [0.5, 0.6) is 0 Å². The van der Waals surface area contributed by atoms with Crippen molar-refractivity contribution in [2.75, 3.05) is 23.5 Å². The number of thiophene rings is 1. The van der Waals surface area contributed by atoms with Crippen molar-refractivity contribution in [3.05, 3.63) is 40.3 Å². The van der Waals surface area contributed by atoms with E-state index in [2.05, 4.69) is 17.6 Å². The van der Waals surface area contributed by atoms with E-state index < -0.39 is 11.9 Å². The maximum atomic E-state index is 12.6. The van der Waals surface area contributed by atoms with Crippen LogP contribution in [-0.2, 0) is 32.0 Å². The summed E-state index contributed by atoms with van der Waals surface area (Å²) in [6.45, 7) is 2.18. The van der Waals surface area contributed by atoms with Crippen molar-refractivity contribution >= 4 is 57.5 Å². The molecule has 176 valence electrons. The summed E-state index contributed by atoms with van der Waals surface area (Å²) in [5.74, 6) is -1.43. The molecule has 10 heteroatoms. The number of carboxylic acids is 1. The highest BCUT2D eigenvalue weighted by molar-refractivity contribution is 8.00. The van der Waals surface area contributed by atoms with Crippen LogP contribution in [0.1, 0.15) is 47.0 Å². The number of carbonyl (C=O) groups excluding carboxylic acids is 3. The molecular weight excluding hydrogens is 464 g/mol. The zero-order chi connectivity index (χ0) is 24.0. The molecule has 33 heavy (non-hydrogen) atoms. The highest BCUT2D eigenvalue weighted by Crippen LogP contribution is 2.40. The monoisotopic (exact) mass is 490 g/mol. The van der Waals surface area contributed by atoms with Gasteiger partial charge in [0, 0.05) is 21.9 Å². The van der Waals surface area contributed by atoms with Crippen molar-refractivity contribution in [1.29, 1.82) is 0 Å². The Balaban J connectivity index is 1.61. The first-order valence-electron chi connectivity index (χ1n) is 10.5. The SMILES string of the molecule is COC(=O)c1c(NC(=O)CSc2cccc(NC(=O)CCC(=O)O)c2)sc2c1CCC(C)C2. The van der Waals surface area contributed by atoms with Gasteiger partial charge < -0.3 is 20.5 Å². The molecule has 1 aromatic carbocycles. The van der Waals surface area contributed by atoms with Gasteiger partial charge in [0.1, 0.15) is 5.00 Å². The Bertz CT molecular complexity index is 1070. The van der Waals surface area contributed by atoms with E-state index in [1.54, 1.807) is 18.2 Å². The molecule has 1 heterocycles. The maximum absolute atomic E-state index is 12.6. The fourth-order valence-corrected chi connectivity index (χ4v) is 5.75. The van der Waals surface area contributed by atoms with E-state index in [4.69, 9.17) is 9.84 Å². The Labute approximate surface area is 200 Å². The highest BCUT2D eigenvalue weighted by Gasteiger charge is 2.28. The minimum Gasteiger partial charge on any atom is -0.481 e. The third-order valence-corrected chi connectivity index (χ3v) is 7.37. The smallest absolute Gasteiger partial charge is 0.341 e. The fraction of sp³-hybridized carbons (Fsp3) is 0.391. The fourth-order valence-electron chi connectivity index (χ4n) is 3.58. The molecule has 1 aliphatic carbocycles. The van der Waals surface area contributed by atoms with Crippen molar-refractivity contribution < 1.29 is 29.0 Å². The molecule has 3 N–H and O–H groups in total. The number of benzene rings is 1. The van der Waals surface area contributed by atoms with Crippen molar-refractivity contribution in [1.82, 2.24) is 0 Å². The van der Waals surface area contributed by atoms with Gasteiger partial charge in [-0.25, -0.2) is 4.79 Å². The molecule has 8 nitrogen and oxygen atoms in total. The van der Waals surface area contributed by atoms with Gasteiger partial charge in [-0.15, -0.1) is 23.1 Å². The van der Waals surface area contributed by atoms with E-state index >= 15 is 0 Å². The van der Waals surface area contributed by atoms with E-state index in [0.717, 1.165) is 34.6 Å². The third-order valence-electron chi connectivity index (χ3n) is 5.21. The van der Waals surface area contributed by atoms with Crippen molar-refractivity contribution in [3.8, 4) is 0 Å². The van der Waals surface area contributed by atoms with Gasteiger partial charge in [-0.3, -0.25) is 14.4 Å². The number of anilines is 2. The number of aliphatic carboxylic acids is 1. The standard InChI is InChI=1S/C23H26N2O6S2/c1-13-6-7-16-17(10-13)33-22(21(16)23(30)31-2)25-19(27)12-32-15-5-3-4-14(11-15)24-18(26)8-9-20(28)29/h3-5,11,13H,6-10,12H2,1-2H3,(H,24,26)(H,25,27)(H,28,29). The molecule has 1 aliphatic rings. The van der Waals surface area contributed by atoms with Crippen LogP contribution in [0.4, 0.5) is 10.7 Å². The Kier molecular flexibility index (Phi) is 8.51. The number of esters is 1. The van der Waals surface area contributed by atoms with E-state index in [9.17, 15) is 19.2 Å². The van der Waals surface area contributed by atoms with Gasteiger partial charge in [-0.2, -0.15) is 0 Å². The first-order valence-corrected chi connectivity index (χ1v) is 12.3. The van der Waals surface area contributed by atoms with E-state index in [1.165, 1.54) is 30.2 Å². The van der Waals surface area contributed by atoms with Crippen molar-refractivity contribution in [2.45, 2.75) is 43.9 Å². The summed E-state index contributed by atoms with van der Waals surface area (Å²) in [5, 5.41) is 14.7. The molecule has 1 aromatic heterocycles. The van der Waals surface area contributed by atoms with Gasteiger partial charge in [-0.05, 0) is 48.9 Å². The second-order valence-electron chi connectivity index (χ2n) is 7.85. The summed E-state index contributed by atoms with van der Waals surface area (Å²) in [6, 6.07) is 6.98. The van der Waals surface area contributed by atoms with Gasteiger partial charge >= 0.3 is 11.9 Å². The zero-order valence-corrected chi connectivity index (χ0v) is 20.1. The van der Waals surface area contributed by atoms with Gasteiger partial charge in [0.2, 0.25) is 11.8 Å². The molecule has 0 fully saturated rings. The molecule has 2 amide bonds. The molecule has 0 aliphatic heterocycles. The summed E-state index contributed by atoms with van der Waals surface area (Å²) >= 11 is 2.74. The number of thioether (sulfide) groups is 1. The lowest BCUT2D eigenvalue weighted by atomic mass is 9.88. The van der Waals surface area contributed by atoms with E-state index in [0.29, 0.717) is 22.2 Å². The molecule has 0 saturated carbocycles. The number of ether oxygens (including phenoxy) is 1. The van der Waals surface area contributed by atoms with Crippen molar-refractivity contribution in [2.24, 2.45) is 5.92 Å². The second-order valence-corrected chi connectivity index (χ2v) is 10.0. The average molecular weight is 491 g/mol. The average Bonchev–Trinajstić information content (AvgIpc) is 3.12. The summed E-state index contributed by atoms with van der Waals surface area (Å²) < 4.78 is 4.96. The number of carbonyl (C=O) groups is 4. The summed E-state index contributed by atoms with van der Waals surface area (Å²) in [4.78, 5) is 49.3. The van der Waals surface area contributed by atoms with Gasteiger partial charge in [0.15, 0.2) is 0 Å². The molecule has 1 unspecified atom stereocenters. The number of carboxylic acid groups (broad SMARTS) is 1. The normalized spacial score (nSPS) is 14.8. The molecule has 3 rings (SSSR count). The predicted molar refractivity (Wildman–Crippen MR) is 128 cm³/mol. The van der Waals surface area contributed by atoms with Crippen LogP contribution in [0.15, 0.2) is 29.2 Å². The maximum Gasteiger partial charge on any atom is 0.341 e. The predicted octanol–water partition coefficient (Wildman–Crippen LogP) is 4.19. The quantitative estimate of drug-likeness (QED) is 0.356. The number of amides is 2. The molecule has 2 aromatic rings. The lowest BCUT2D eigenvalue weighted by molar-refractivity contribution is -0.138. The molecule has 0 saturated heterocycles. The van der Waals surface area contributed by atoms with Crippen LogP contribution in [0.25, 0.3) is 0 Å². The molecule has 0 radical (unpaired) electrons. The Morgan fingerprint density at radius 1 is 1.18 bits per heavy atom. The number of hydrogen-bond acceptors (Lipinski definition) is 7. The molecule has 1 atom stereocenters. The first-order chi connectivity index (χ1) is 15.8. The largest absolute Gasteiger partial charge is 0.481 e. The summed E-state index contributed by atoms with van der Waals surface area (Å²) in [7, 11) is 1.34. The summed E-state index contributed by atoms with van der Waals surface area (Å²) in [5.41, 5.74) is 1.98. The summed E-state index contributed by atoms with van der Waals surface area (Å²) in [6.07, 6.45) is 2.34. The zero-order valence-electron chi connectivity index (χ0n) is 18.4. The minimum absolute atomic E-state index is 0.110. The number of fused-ring (bicyclic) bond motifs is 1. The third kappa shape index (κ3) is 6.82. The van der Waals surface area contributed by atoms with Crippen LogP contribution in [0.2, 0.25) is 0 Å². The number of nitrogens with one attached hydrogen (secondary N) is 2. The molecular formula is C23H26N2O6S2. The van der Waals surface area contributed by atoms with E-state index in [1.807, 2.05) is 6.07 Å². The number of rotatable bonds is 9. The number of methoxy groups -OCH3 is 1. The van der Waals surface area contributed by atoms with Crippen LogP contribution < -0.4 is 10.6 Å². The lowest BCUT2D eigenvalue weighted by Gasteiger charge is -2.18. The van der Waals surface area contributed by atoms with Crippen LogP contribution in [0, 0.1) is 5.92 Å². The van der Waals surface area contributed by atoms with Gasteiger partial charge in [0.05, 0.1) is 24.8 Å². The number of hydrogen-bond donors (Lipinski definition) is 3. The molecule has 0 bridgehead atoms. The Morgan fingerprint density at radius 3 is 2.70 bits per heavy atom. The van der Waals surface area contributed by atoms with E-state index in [-0.39, 0.29) is 30.4 Å². The Hall–Kier alpha value is -2.85. The topological polar surface area (TPSA) is 122 Å². The Morgan fingerprint density at radius 2 is 1.97 bits per heavy atom. The minimum atomic E-state index is -1.03. The van der Waals surface area contributed by atoms with Crippen LogP contribution in [-0.4, -0.2) is 41.7 Å². The van der Waals surface area contributed by atoms with Gasteiger partial charge in [0.25, 0.3) is 0 Å². The lowest BCUT2D eigenvalue weighted by Crippen LogP contribution is -2.17. The van der Waals surface area contributed by atoms with Gasteiger partial charge in [-0.1, -0.05) is 13.0 Å². The highest BCUT2D eigenvalue weighted by atomic mass is 32.2. The second kappa shape index (κ2) is 11.3.